The van der Waals surface area contributed by atoms with Gasteiger partial charge in [-0.25, -0.2) is 13.2 Å². The summed E-state index contributed by atoms with van der Waals surface area (Å²) in [6, 6.07) is 3.94. The standard InChI is InChI=1S/C25H29Cl2F3N4O5S/c1-3-9-40(38,39)20-7-6-14(26)10-19(20)33(2)23(35)16-11-18(25(28,29)30)17(21(27)22(16)31)13-34-8-4-5-15(12-34)32-24(36)37/h6-7,10-11,15,32H,3-5,8-9,12-13,31H2,1-2H3,(H,36,37)/t15-/m1/s1. The third-order valence-corrected chi connectivity index (χ3v) is 9.18. The van der Waals surface area contributed by atoms with Crippen LogP contribution in [-0.4, -0.2) is 62.4 Å². The van der Waals surface area contributed by atoms with Crippen molar-refractivity contribution in [3.05, 3.63) is 51.0 Å². The number of sulfone groups is 1. The van der Waals surface area contributed by atoms with Crippen LogP contribution < -0.4 is 16.0 Å². The zero-order valence-electron chi connectivity index (χ0n) is 21.7. The van der Waals surface area contributed by atoms with Crippen molar-refractivity contribution in [1.29, 1.82) is 0 Å². The summed E-state index contributed by atoms with van der Waals surface area (Å²) in [5.41, 5.74) is 3.49. The number of amides is 2. The molecule has 0 bridgehead atoms. The Kier molecular flexibility index (Phi) is 9.86. The van der Waals surface area contributed by atoms with Crippen molar-refractivity contribution >= 4 is 56.4 Å². The molecule has 4 N–H and O–H groups in total. The van der Waals surface area contributed by atoms with E-state index in [9.17, 15) is 31.2 Å². The number of piperidine rings is 1. The van der Waals surface area contributed by atoms with E-state index in [1.807, 2.05) is 0 Å². The summed E-state index contributed by atoms with van der Waals surface area (Å²) in [5, 5.41) is 11.0. The fourth-order valence-corrected chi connectivity index (χ4v) is 6.67. The molecule has 0 spiro atoms. The van der Waals surface area contributed by atoms with Crippen LogP contribution in [0.2, 0.25) is 10.0 Å². The third kappa shape index (κ3) is 7.12. The number of carbonyl (C=O) groups excluding carboxylic acids is 1. The molecule has 9 nitrogen and oxygen atoms in total. The average Bonchev–Trinajstić information content (AvgIpc) is 2.85. The first-order valence-corrected chi connectivity index (χ1v) is 14.7. The molecule has 1 fully saturated rings. The van der Waals surface area contributed by atoms with Crippen LogP contribution in [0.1, 0.15) is 47.7 Å². The zero-order chi connectivity index (χ0) is 30.0. The van der Waals surface area contributed by atoms with Gasteiger partial charge in [-0.15, -0.1) is 0 Å². The SMILES string of the molecule is CCCS(=O)(=O)c1ccc(Cl)cc1N(C)C(=O)c1cc(C(F)(F)F)c(CN2CCC[C@@H](NC(=O)O)C2)c(Cl)c1N. The minimum Gasteiger partial charge on any atom is -0.465 e. The molecule has 40 heavy (non-hydrogen) atoms. The van der Waals surface area contributed by atoms with Crippen LogP contribution in [-0.2, 0) is 22.6 Å². The predicted octanol–water partition coefficient (Wildman–Crippen LogP) is 5.29. The van der Waals surface area contributed by atoms with E-state index in [2.05, 4.69) is 5.32 Å². The number of rotatable bonds is 8. The number of likely N-dealkylation sites (tertiary alicyclic amines) is 1. The first kappa shape index (κ1) is 31.8. The quantitative estimate of drug-likeness (QED) is 0.340. The van der Waals surface area contributed by atoms with Crippen LogP contribution in [0.5, 0.6) is 0 Å². The summed E-state index contributed by atoms with van der Waals surface area (Å²) >= 11 is 12.4. The van der Waals surface area contributed by atoms with Crippen LogP contribution in [0.4, 0.5) is 29.3 Å². The molecule has 0 radical (unpaired) electrons. The molecule has 2 aromatic carbocycles. The minimum atomic E-state index is -4.92. The lowest BCUT2D eigenvalue weighted by Crippen LogP contribution is -2.47. The van der Waals surface area contributed by atoms with Crippen LogP contribution >= 0.6 is 23.2 Å². The number of nitrogens with two attached hydrogens (primary N) is 1. The molecular weight excluding hydrogens is 596 g/mol. The number of carbonyl (C=O) groups is 2. The number of nitrogens with zero attached hydrogens (tertiary/aromatic N) is 2. The molecule has 1 atom stereocenters. The lowest BCUT2D eigenvalue weighted by atomic mass is 9.98. The molecule has 2 aromatic rings. The van der Waals surface area contributed by atoms with Crippen LogP contribution in [0.15, 0.2) is 29.2 Å². The molecule has 0 unspecified atom stereocenters. The lowest BCUT2D eigenvalue weighted by molar-refractivity contribution is -0.138. The second-order valence-electron chi connectivity index (χ2n) is 9.49. The molecule has 15 heteroatoms. The van der Waals surface area contributed by atoms with E-state index in [4.69, 9.17) is 34.0 Å². The highest BCUT2D eigenvalue weighted by atomic mass is 35.5. The molecular formula is C25H29Cl2F3N4O5S. The number of carboxylic acid groups (broad SMARTS) is 1. The number of halogens is 5. The summed E-state index contributed by atoms with van der Waals surface area (Å²) in [5.74, 6) is -1.24. The van der Waals surface area contributed by atoms with Crippen molar-refractivity contribution in [2.45, 2.75) is 49.8 Å². The number of benzene rings is 2. The molecule has 0 saturated carbocycles. The van der Waals surface area contributed by atoms with Crippen molar-refractivity contribution in [2.24, 2.45) is 0 Å². The van der Waals surface area contributed by atoms with E-state index < -0.39 is 55.9 Å². The summed E-state index contributed by atoms with van der Waals surface area (Å²) in [4.78, 5) is 26.8. The number of alkyl halides is 3. The topological polar surface area (TPSA) is 133 Å². The Bertz CT molecular complexity index is 1410. The van der Waals surface area contributed by atoms with Gasteiger partial charge in [0.15, 0.2) is 9.84 Å². The highest BCUT2D eigenvalue weighted by Crippen LogP contribution is 2.41. The van der Waals surface area contributed by atoms with Gasteiger partial charge in [0.2, 0.25) is 0 Å². The molecule has 0 aromatic heterocycles. The monoisotopic (exact) mass is 624 g/mol. The Morgan fingerprint density at radius 1 is 1.25 bits per heavy atom. The normalized spacial score (nSPS) is 16.5. The van der Waals surface area contributed by atoms with E-state index in [0.29, 0.717) is 31.9 Å². The predicted molar refractivity (Wildman–Crippen MR) is 147 cm³/mol. The highest BCUT2D eigenvalue weighted by Gasteiger charge is 2.38. The summed E-state index contributed by atoms with van der Waals surface area (Å²) < 4.78 is 68.4. The van der Waals surface area contributed by atoms with Gasteiger partial charge in [0, 0.05) is 31.2 Å². The van der Waals surface area contributed by atoms with Crippen LogP contribution in [0.25, 0.3) is 0 Å². The molecule has 3 rings (SSSR count). The Labute approximate surface area is 239 Å². The third-order valence-electron chi connectivity index (χ3n) is 6.55. The van der Waals surface area contributed by atoms with Crippen molar-refractivity contribution in [2.75, 3.05) is 36.5 Å². The van der Waals surface area contributed by atoms with Crippen LogP contribution in [0.3, 0.4) is 0 Å². The number of nitrogens with one attached hydrogen (secondary N) is 1. The second-order valence-corrected chi connectivity index (χ2v) is 12.4. The minimum absolute atomic E-state index is 0.111. The Morgan fingerprint density at radius 3 is 2.52 bits per heavy atom. The van der Waals surface area contributed by atoms with Gasteiger partial charge in [-0.1, -0.05) is 30.1 Å². The van der Waals surface area contributed by atoms with Crippen molar-refractivity contribution < 1.29 is 36.3 Å². The summed E-state index contributed by atoms with van der Waals surface area (Å²) in [7, 11) is -2.64. The number of nitrogen functional groups attached to an aromatic ring is 1. The molecule has 0 aliphatic carbocycles. The van der Waals surface area contributed by atoms with Crippen molar-refractivity contribution in [3.8, 4) is 0 Å². The first-order valence-electron chi connectivity index (χ1n) is 12.3. The van der Waals surface area contributed by atoms with E-state index in [1.165, 1.54) is 25.2 Å². The second kappa shape index (κ2) is 12.4. The summed E-state index contributed by atoms with van der Waals surface area (Å²) in [6.45, 7) is 1.94. The largest absolute Gasteiger partial charge is 0.465 e. The molecule has 220 valence electrons. The van der Waals surface area contributed by atoms with Gasteiger partial charge < -0.3 is 21.1 Å². The fourth-order valence-electron chi connectivity index (χ4n) is 4.69. The Morgan fingerprint density at radius 2 is 1.93 bits per heavy atom. The molecule has 1 heterocycles. The van der Waals surface area contributed by atoms with E-state index in [-0.39, 0.29) is 40.0 Å². The lowest BCUT2D eigenvalue weighted by Gasteiger charge is -2.33. The zero-order valence-corrected chi connectivity index (χ0v) is 24.0. The average molecular weight is 625 g/mol. The Hall–Kier alpha value is -2.74. The van der Waals surface area contributed by atoms with Gasteiger partial charge in [0.1, 0.15) is 0 Å². The Balaban J connectivity index is 2.05. The van der Waals surface area contributed by atoms with Gasteiger partial charge in [-0.2, -0.15) is 13.2 Å². The smallest absolute Gasteiger partial charge is 0.416 e. The fraction of sp³-hybridized carbons (Fsp3) is 0.440. The maximum atomic E-state index is 14.3. The van der Waals surface area contributed by atoms with Gasteiger partial charge in [0.05, 0.1) is 38.2 Å². The number of hydrogen-bond donors (Lipinski definition) is 3. The molecule has 2 amide bonds. The van der Waals surface area contributed by atoms with Gasteiger partial charge in [-0.05, 0) is 55.6 Å². The molecule has 1 aliphatic heterocycles. The first-order chi connectivity index (χ1) is 18.6. The van der Waals surface area contributed by atoms with Crippen molar-refractivity contribution in [3.63, 3.8) is 0 Å². The van der Waals surface area contributed by atoms with E-state index >= 15 is 0 Å². The summed E-state index contributed by atoms with van der Waals surface area (Å²) in [6.07, 6.45) is -4.78. The number of hydrogen-bond acceptors (Lipinski definition) is 6. The van der Waals surface area contributed by atoms with Gasteiger partial charge in [0.25, 0.3) is 5.91 Å². The van der Waals surface area contributed by atoms with E-state index in [0.717, 1.165) is 4.90 Å². The maximum Gasteiger partial charge on any atom is 0.416 e. The van der Waals surface area contributed by atoms with Crippen molar-refractivity contribution in [1.82, 2.24) is 10.2 Å². The highest BCUT2D eigenvalue weighted by molar-refractivity contribution is 7.91. The molecule has 1 aliphatic rings. The van der Waals surface area contributed by atoms with E-state index in [1.54, 1.807) is 11.8 Å². The van der Waals surface area contributed by atoms with Gasteiger partial charge in [-0.3, -0.25) is 9.69 Å². The van der Waals surface area contributed by atoms with Gasteiger partial charge >= 0.3 is 12.3 Å². The number of anilines is 2. The molecule has 1 saturated heterocycles. The maximum absolute atomic E-state index is 14.3. The van der Waals surface area contributed by atoms with Crippen LogP contribution in [0, 0.1) is 0 Å².